The summed E-state index contributed by atoms with van der Waals surface area (Å²) in [4.78, 5) is 0. The minimum atomic E-state index is 0.674. The van der Waals surface area contributed by atoms with Crippen LogP contribution < -0.4 is 10.8 Å². The van der Waals surface area contributed by atoms with E-state index in [0.29, 0.717) is 15.8 Å². The molecule has 0 spiro atoms. The van der Waals surface area contributed by atoms with Crippen molar-refractivity contribution < 1.29 is 4.42 Å². The standard InChI is InChI=1S/C22H16Cl2N2O/c1-14-11-22-18(12-19(14)24)20(26-25-17-5-3-2-4-6-17)13-21(27-22)15-7-9-16(23)10-8-15/h2-13,25H,1H3/b26-20-. The van der Waals surface area contributed by atoms with Gasteiger partial charge in [0.1, 0.15) is 11.3 Å². The molecule has 0 fully saturated rings. The molecule has 27 heavy (non-hydrogen) atoms. The average Bonchev–Trinajstić information content (AvgIpc) is 2.68. The Hall–Kier alpha value is -2.75. The molecule has 134 valence electrons. The van der Waals surface area contributed by atoms with Gasteiger partial charge in [-0.3, -0.25) is 5.43 Å². The van der Waals surface area contributed by atoms with Gasteiger partial charge in [0, 0.05) is 27.1 Å². The van der Waals surface area contributed by atoms with Gasteiger partial charge < -0.3 is 4.42 Å². The number of hydrogen-bond donors (Lipinski definition) is 1. The maximum absolute atomic E-state index is 6.33. The Bertz CT molecular complexity index is 1170. The second kappa shape index (κ2) is 7.47. The third-order valence-corrected chi connectivity index (χ3v) is 4.89. The summed E-state index contributed by atoms with van der Waals surface area (Å²) in [5, 5.41) is 7.52. The number of anilines is 1. The molecule has 0 bridgehead atoms. The SMILES string of the molecule is Cc1cc2oc(-c3ccc(Cl)cc3)c/c(=N/Nc3ccccc3)c2cc1Cl. The Morgan fingerprint density at radius 1 is 0.889 bits per heavy atom. The molecule has 0 aliphatic heterocycles. The Labute approximate surface area is 166 Å². The average molecular weight is 395 g/mol. The van der Waals surface area contributed by atoms with Crippen LogP contribution in [-0.2, 0) is 0 Å². The van der Waals surface area contributed by atoms with Crippen molar-refractivity contribution in [3.8, 4) is 11.3 Å². The molecule has 0 unspecified atom stereocenters. The molecule has 1 aromatic heterocycles. The van der Waals surface area contributed by atoms with Crippen LogP contribution in [0.15, 0.2) is 82.3 Å². The minimum Gasteiger partial charge on any atom is -0.456 e. The third kappa shape index (κ3) is 3.85. The van der Waals surface area contributed by atoms with Gasteiger partial charge >= 0.3 is 0 Å². The molecule has 0 amide bonds. The highest BCUT2D eigenvalue weighted by Gasteiger charge is 2.09. The van der Waals surface area contributed by atoms with Gasteiger partial charge in [0.15, 0.2) is 0 Å². The fourth-order valence-corrected chi connectivity index (χ4v) is 3.07. The van der Waals surface area contributed by atoms with E-state index in [0.717, 1.165) is 33.1 Å². The van der Waals surface area contributed by atoms with Crippen LogP contribution in [0.4, 0.5) is 5.69 Å². The van der Waals surface area contributed by atoms with Crippen LogP contribution in [0.5, 0.6) is 0 Å². The predicted molar refractivity (Wildman–Crippen MR) is 112 cm³/mol. The molecule has 0 saturated carbocycles. The normalized spacial score (nSPS) is 11.7. The summed E-state index contributed by atoms with van der Waals surface area (Å²) in [6.45, 7) is 1.95. The lowest BCUT2D eigenvalue weighted by molar-refractivity contribution is 0.618. The van der Waals surface area contributed by atoms with E-state index in [4.69, 9.17) is 27.6 Å². The lowest BCUT2D eigenvalue weighted by Gasteiger charge is -2.08. The van der Waals surface area contributed by atoms with E-state index in [2.05, 4.69) is 10.5 Å². The number of nitrogens with zero attached hydrogens (tertiary/aromatic N) is 1. The molecule has 0 atom stereocenters. The quantitative estimate of drug-likeness (QED) is 0.395. The van der Waals surface area contributed by atoms with Crippen molar-refractivity contribution in [2.75, 3.05) is 5.43 Å². The van der Waals surface area contributed by atoms with E-state index in [9.17, 15) is 0 Å². The van der Waals surface area contributed by atoms with E-state index < -0.39 is 0 Å². The molecule has 0 radical (unpaired) electrons. The molecule has 0 saturated heterocycles. The lowest BCUT2D eigenvalue weighted by Crippen LogP contribution is -2.07. The number of rotatable bonds is 3. The number of hydrogen-bond acceptors (Lipinski definition) is 3. The summed E-state index contributed by atoms with van der Waals surface area (Å²) in [5.41, 5.74) is 6.58. The first-order valence-corrected chi connectivity index (χ1v) is 9.20. The summed E-state index contributed by atoms with van der Waals surface area (Å²) in [5.74, 6) is 0.703. The lowest BCUT2D eigenvalue weighted by atomic mass is 10.1. The van der Waals surface area contributed by atoms with Crippen molar-refractivity contribution in [2.24, 2.45) is 5.10 Å². The second-order valence-electron chi connectivity index (χ2n) is 6.19. The van der Waals surface area contributed by atoms with Gasteiger partial charge in [0.05, 0.1) is 11.0 Å². The summed E-state index contributed by atoms with van der Waals surface area (Å²) >= 11 is 12.3. The topological polar surface area (TPSA) is 37.5 Å². The monoisotopic (exact) mass is 394 g/mol. The van der Waals surface area contributed by atoms with Crippen LogP contribution >= 0.6 is 23.2 Å². The molecule has 3 nitrogen and oxygen atoms in total. The van der Waals surface area contributed by atoms with Gasteiger partial charge in [-0.15, -0.1) is 0 Å². The van der Waals surface area contributed by atoms with Crippen molar-refractivity contribution in [3.63, 3.8) is 0 Å². The van der Waals surface area contributed by atoms with Crippen LogP contribution in [0.2, 0.25) is 10.0 Å². The van der Waals surface area contributed by atoms with Gasteiger partial charge in [-0.1, -0.05) is 41.4 Å². The molecule has 1 N–H and O–H groups in total. The smallest absolute Gasteiger partial charge is 0.137 e. The Morgan fingerprint density at radius 2 is 1.63 bits per heavy atom. The Morgan fingerprint density at radius 3 is 2.37 bits per heavy atom. The summed E-state index contributed by atoms with van der Waals surface area (Å²) in [6.07, 6.45) is 0. The molecule has 5 heteroatoms. The van der Waals surface area contributed by atoms with Crippen LogP contribution in [-0.4, -0.2) is 0 Å². The van der Waals surface area contributed by atoms with Crippen molar-refractivity contribution in [1.29, 1.82) is 0 Å². The molecule has 4 aromatic rings. The van der Waals surface area contributed by atoms with Crippen molar-refractivity contribution in [3.05, 3.63) is 93.8 Å². The van der Waals surface area contributed by atoms with Crippen LogP contribution in [0, 0.1) is 6.92 Å². The highest BCUT2D eigenvalue weighted by atomic mass is 35.5. The molecule has 4 rings (SSSR count). The fourth-order valence-electron chi connectivity index (χ4n) is 2.78. The zero-order valence-corrected chi connectivity index (χ0v) is 16.1. The van der Waals surface area contributed by atoms with E-state index in [1.54, 1.807) is 0 Å². The number of para-hydroxylation sites is 1. The molecular formula is C22H16Cl2N2O. The van der Waals surface area contributed by atoms with Gasteiger partial charge in [-0.2, -0.15) is 5.10 Å². The Kier molecular flexibility index (Phi) is 4.88. The maximum Gasteiger partial charge on any atom is 0.137 e. The maximum atomic E-state index is 6.33. The second-order valence-corrected chi connectivity index (χ2v) is 7.03. The molecule has 0 aliphatic rings. The highest BCUT2D eigenvalue weighted by molar-refractivity contribution is 6.32. The van der Waals surface area contributed by atoms with Crippen LogP contribution in [0.3, 0.4) is 0 Å². The summed E-state index contributed by atoms with van der Waals surface area (Å²) in [6, 6.07) is 23.0. The number of nitrogens with one attached hydrogen (secondary N) is 1. The first-order valence-electron chi connectivity index (χ1n) is 8.45. The van der Waals surface area contributed by atoms with Gasteiger partial charge in [0.2, 0.25) is 0 Å². The number of fused-ring (bicyclic) bond motifs is 1. The van der Waals surface area contributed by atoms with Gasteiger partial charge in [-0.25, -0.2) is 0 Å². The van der Waals surface area contributed by atoms with Crippen molar-refractivity contribution in [2.45, 2.75) is 6.92 Å². The zero-order chi connectivity index (χ0) is 18.8. The first kappa shape index (κ1) is 17.7. The first-order chi connectivity index (χ1) is 13.1. The minimum absolute atomic E-state index is 0.674. The molecule has 3 aromatic carbocycles. The van der Waals surface area contributed by atoms with E-state index >= 15 is 0 Å². The van der Waals surface area contributed by atoms with Crippen molar-refractivity contribution in [1.82, 2.24) is 0 Å². The zero-order valence-electron chi connectivity index (χ0n) is 14.5. The predicted octanol–water partition coefficient (Wildman–Crippen LogP) is 6.64. The largest absolute Gasteiger partial charge is 0.456 e. The van der Waals surface area contributed by atoms with Gasteiger partial charge in [0.25, 0.3) is 0 Å². The third-order valence-electron chi connectivity index (χ3n) is 4.23. The van der Waals surface area contributed by atoms with E-state index in [1.165, 1.54) is 0 Å². The number of benzene rings is 3. The Balaban J connectivity index is 1.91. The fraction of sp³-hybridized carbons (Fsp3) is 0.0455. The van der Waals surface area contributed by atoms with Crippen molar-refractivity contribution >= 4 is 39.9 Å². The van der Waals surface area contributed by atoms with E-state index in [-0.39, 0.29) is 0 Å². The summed E-state index contributed by atoms with van der Waals surface area (Å²) in [7, 11) is 0. The summed E-state index contributed by atoms with van der Waals surface area (Å²) < 4.78 is 6.13. The van der Waals surface area contributed by atoms with Crippen LogP contribution in [0.1, 0.15) is 5.56 Å². The molecule has 1 heterocycles. The van der Waals surface area contributed by atoms with Gasteiger partial charge in [-0.05, 0) is 61.0 Å². The number of halogens is 2. The highest BCUT2D eigenvalue weighted by Crippen LogP contribution is 2.27. The van der Waals surface area contributed by atoms with Crippen LogP contribution in [0.25, 0.3) is 22.3 Å². The molecule has 0 aliphatic carbocycles. The number of aryl methyl sites for hydroxylation is 1. The molecular weight excluding hydrogens is 379 g/mol. The van der Waals surface area contributed by atoms with E-state index in [1.807, 2.05) is 79.7 Å².